The van der Waals surface area contributed by atoms with E-state index in [2.05, 4.69) is 62.0 Å². The molecule has 1 N–H and O–H groups in total. The predicted molar refractivity (Wildman–Crippen MR) is 85.3 cm³/mol. The molecule has 2 rings (SSSR count). The molecule has 2 heterocycles. The molecule has 1 aliphatic rings. The standard InChI is InChI=1S/C16H28N4/c1-6-17-11-14-9-13(2)18-15(10-14)20-8-7-19(5)16(3,4)12-20/h9-10,17H,6-8,11-12H2,1-5H3. The molecule has 1 aliphatic heterocycles. The van der Waals surface area contributed by atoms with Crippen molar-refractivity contribution in [2.24, 2.45) is 0 Å². The van der Waals surface area contributed by atoms with Crippen molar-refractivity contribution in [1.29, 1.82) is 0 Å². The van der Waals surface area contributed by atoms with Gasteiger partial charge in [0.05, 0.1) is 0 Å². The summed E-state index contributed by atoms with van der Waals surface area (Å²) in [7, 11) is 2.21. The van der Waals surface area contributed by atoms with Crippen molar-refractivity contribution in [2.45, 2.75) is 39.8 Å². The summed E-state index contributed by atoms with van der Waals surface area (Å²) in [6, 6.07) is 4.41. The number of hydrogen-bond donors (Lipinski definition) is 1. The summed E-state index contributed by atoms with van der Waals surface area (Å²) in [5.41, 5.74) is 2.63. The molecule has 112 valence electrons. The minimum Gasteiger partial charge on any atom is -0.353 e. The molecule has 0 amide bonds. The first-order valence-corrected chi connectivity index (χ1v) is 7.57. The molecule has 1 saturated heterocycles. The lowest BCUT2D eigenvalue weighted by Crippen LogP contribution is -2.57. The smallest absolute Gasteiger partial charge is 0.129 e. The van der Waals surface area contributed by atoms with E-state index in [-0.39, 0.29) is 5.54 Å². The lowest BCUT2D eigenvalue weighted by Gasteiger charge is -2.45. The van der Waals surface area contributed by atoms with Gasteiger partial charge in [-0.3, -0.25) is 4.90 Å². The van der Waals surface area contributed by atoms with Crippen LogP contribution < -0.4 is 10.2 Å². The lowest BCUT2D eigenvalue weighted by molar-refractivity contribution is 0.138. The molecule has 0 aromatic carbocycles. The van der Waals surface area contributed by atoms with Crippen molar-refractivity contribution in [3.8, 4) is 0 Å². The largest absolute Gasteiger partial charge is 0.353 e. The summed E-state index contributed by atoms with van der Waals surface area (Å²) in [4.78, 5) is 9.58. The first-order chi connectivity index (χ1) is 9.42. The topological polar surface area (TPSA) is 31.4 Å². The van der Waals surface area contributed by atoms with Crippen molar-refractivity contribution in [1.82, 2.24) is 15.2 Å². The molecule has 1 aromatic heterocycles. The van der Waals surface area contributed by atoms with E-state index in [0.717, 1.165) is 44.2 Å². The van der Waals surface area contributed by atoms with E-state index in [1.165, 1.54) is 5.56 Å². The first kappa shape index (κ1) is 15.3. The highest BCUT2D eigenvalue weighted by Gasteiger charge is 2.31. The Morgan fingerprint density at radius 3 is 2.70 bits per heavy atom. The second-order valence-corrected chi connectivity index (χ2v) is 6.41. The molecule has 0 atom stereocenters. The van der Waals surface area contributed by atoms with E-state index < -0.39 is 0 Å². The average molecular weight is 276 g/mol. The fourth-order valence-corrected chi connectivity index (χ4v) is 2.69. The average Bonchev–Trinajstić information content (AvgIpc) is 2.39. The number of rotatable bonds is 4. The monoisotopic (exact) mass is 276 g/mol. The fourth-order valence-electron chi connectivity index (χ4n) is 2.69. The van der Waals surface area contributed by atoms with Crippen molar-refractivity contribution < 1.29 is 0 Å². The van der Waals surface area contributed by atoms with E-state index >= 15 is 0 Å². The van der Waals surface area contributed by atoms with Crippen LogP contribution in [0.2, 0.25) is 0 Å². The molecule has 4 heteroatoms. The summed E-state index contributed by atoms with van der Waals surface area (Å²) in [5.74, 6) is 1.12. The summed E-state index contributed by atoms with van der Waals surface area (Å²) >= 11 is 0. The summed E-state index contributed by atoms with van der Waals surface area (Å²) in [5, 5.41) is 3.39. The van der Waals surface area contributed by atoms with Crippen LogP contribution in [-0.4, -0.2) is 48.6 Å². The zero-order valence-corrected chi connectivity index (χ0v) is 13.5. The van der Waals surface area contributed by atoms with Crippen LogP contribution in [0.3, 0.4) is 0 Å². The van der Waals surface area contributed by atoms with Crippen LogP contribution in [0.1, 0.15) is 32.0 Å². The number of piperazine rings is 1. The highest BCUT2D eigenvalue weighted by molar-refractivity contribution is 5.44. The number of anilines is 1. The molecule has 0 saturated carbocycles. The molecular weight excluding hydrogens is 248 g/mol. The van der Waals surface area contributed by atoms with Crippen LogP contribution in [0.25, 0.3) is 0 Å². The van der Waals surface area contributed by atoms with Crippen LogP contribution in [0.4, 0.5) is 5.82 Å². The molecule has 4 nitrogen and oxygen atoms in total. The molecule has 0 unspecified atom stereocenters. The van der Waals surface area contributed by atoms with Gasteiger partial charge in [0.2, 0.25) is 0 Å². The van der Waals surface area contributed by atoms with Gasteiger partial charge in [0, 0.05) is 37.4 Å². The highest BCUT2D eigenvalue weighted by atomic mass is 15.3. The molecule has 1 aromatic rings. The third-order valence-electron chi connectivity index (χ3n) is 4.22. The van der Waals surface area contributed by atoms with Gasteiger partial charge in [0.25, 0.3) is 0 Å². The zero-order valence-electron chi connectivity index (χ0n) is 13.5. The van der Waals surface area contributed by atoms with E-state index in [0.29, 0.717) is 0 Å². The SMILES string of the molecule is CCNCc1cc(C)nc(N2CCN(C)C(C)(C)C2)c1. The van der Waals surface area contributed by atoms with Crippen molar-refractivity contribution in [3.63, 3.8) is 0 Å². The Hall–Kier alpha value is -1.13. The zero-order chi connectivity index (χ0) is 14.8. The minimum absolute atomic E-state index is 0.200. The van der Waals surface area contributed by atoms with E-state index in [1.807, 2.05) is 0 Å². The normalized spacial score (nSPS) is 19.4. The number of likely N-dealkylation sites (N-methyl/N-ethyl adjacent to an activating group) is 1. The van der Waals surface area contributed by atoms with Gasteiger partial charge in [-0.25, -0.2) is 4.98 Å². The number of nitrogens with one attached hydrogen (secondary N) is 1. The Bertz CT molecular complexity index is 456. The van der Waals surface area contributed by atoms with Gasteiger partial charge in [-0.05, 0) is 52.1 Å². The maximum atomic E-state index is 4.74. The second kappa shape index (κ2) is 6.10. The van der Waals surface area contributed by atoms with Gasteiger partial charge >= 0.3 is 0 Å². The van der Waals surface area contributed by atoms with Gasteiger partial charge in [0.1, 0.15) is 5.82 Å². The number of aromatic nitrogens is 1. The number of nitrogens with zero attached hydrogens (tertiary/aromatic N) is 3. The highest BCUT2D eigenvalue weighted by Crippen LogP contribution is 2.24. The van der Waals surface area contributed by atoms with Crippen LogP contribution in [0, 0.1) is 6.92 Å². The van der Waals surface area contributed by atoms with Crippen molar-refractivity contribution in [3.05, 3.63) is 23.4 Å². The van der Waals surface area contributed by atoms with Gasteiger partial charge in [-0.1, -0.05) is 6.92 Å². The van der Waals surface area contributed by atoms with Crippen molar-refractivity contribution in [2.75, 3.05) is 38.1 Å². The van der Waals surface area contributed by atoms with Crippen LogP contribution in [-0.2, 0) is 6.54 Å². The van der Waals surface area contributed by atoms with Gasteiger partial charge < -0.3 is 10.2 Å². The first-order valence-electron chi connectivity index (χ1n) is 7.57. The van der Waals surface area contributed by atoms with Crippen LogP contribution in [0.5, 0.6) is 0 Å². The molecule has 1 fully saturated rings. The number of hydrogen-bond acceptors (Lipinski definition) is 4. The Morgan fingerprint density at radius 2 is 2.05 bits per heavy atom. The quantitative estimate of drug-likeness (QED) is 0.912. The molecule has 0 bridgehead atoms. The van der Waals surface area contributed by atoms with E-state index in [4.69, 9.17) is 4.98 Å². The van der Waals surface area contributed by atoms with Crippen molar-refractivity contribution >= 4 is 5.82 Å². The third kappa shape index (κ3) is 3.49. The molecular formula is C16H28N4. The summed E-state index contributed by atoms with van der Waals surface area (Å²) < 4.78 is 0. The Balaban J connectivity index is 2.17. The van der Waals surface area contributed by atoms with Crippen LogP contribution >= 0.6 is 0 Å². The van der Waals surface area contributed by atoms with E-state index in [1.54, 1.807) is 0 Å². The Morgan fingerprint density at radius 1 is 1.30 bits per heavy atom. The summed E-state index contributed by atoms with van der Waals surface area (Å²) in [6.07, 6.45) is 0. The predicted octanol–water partition coefficient (Wildman–Crippen LogP) is 2.03. The molecule has 0 spiro atoms. The fraction of sp³-hybridized carbons (Fsp3) is 0.688. The van der Waals surface area contributed by atoms with Gasteiger partial charge in [0.15, 0.2) is 0 Å². The minimum atomic E-state index is 0.200. The lowest BCUT2D eigenvalue weighted by atomic mass is 9.99. The van der Waals surface area contributed by atoms with Gasteiger partial charge in [-0.2, -0.15) is 0 Å². The van der Waals surface area contributed by atoms with Gasteiger partial charge in [-0.15, -0.1) is 0 Å². The molecule has 20 heavy (non-hydrogen) atoms. The maximum Gasteiger partial charge on any atom is 0.129 e. The van der Waals surface area contributed by atoms with Crippen LogP contribution in [0.15, 0.2) is 12.1 Å². The maximum absolute atomic E-state index is 4.74. The molecule has 0 aliphatic carbocycles. The van der Waals surface area contributed by atoms with E-state index in [9.17, 15) is 0 Å². The number of aryl methyl sites for hydroxylation is 1. The number of pyridine rings is 1. The molecule has 0 radical (unpaired) electrons. The third-order valence-corrected chi connectivity index (χ3v) is 4.22. The second-order valence-electron chi connectivity index (χ2n) is 6.41. The Kier molecular flexibility index (Phi) is 4.66. The Labute approximate surface area is 123 Å². The summed E-state index contributed by atoms with van der Waals surface area (Å²) in [6.45, 7) is 13.9.